The van der Waals surface area contributed by atoms with Crippen molar-refractivity contribution in [1.82, 2.24) is 9.97 Å². The second-order valence-corrected chi connectivity index (χ2v) is 9.79. The SMILES string of the molecule is CCC(Sc1ncnc2scc(-c3ccc(Cl)cc3)c12)C(=O)Nc1cc(Cl)ccc1OC. The number of amides is 1. The monoisotopic (exact) mass is 503 g/mol. The molecular weight excluding hydrogens is 485 g/mol. The zero-order valence-corrected chi connectivity index (χ0v) is 20.4. The molecule has 164 valence electrons. The van der Waals surface area contributed by atoms with Crippen molar-refractivity contribution in [3.8, 4) is 16.9 Å². The lowest BCUT2D eigenvalue weighted by Crippen LogP contribution is -2.25. The van der Waals surface area contributed by atoms with Crippen LogP contribution in [-0.2, 0) is 4.79 Å². The van der Waals surface area contributed by atoms with Crippen LogP contribution in [0.3, 0.4) is 0 Å². The van der Waals surface area contributed by atoms with Crippen molar-refractivity contribution in [1.29, 1.82) is 0 Å². The minimum atomic E-state index is -0.366. The van der Waals surface area contributed by atoms with E-state index in [0.29, 0.717) is 27.9 Å². The average molecular weight is 504 g/mol. The summed E-state index contributed by atoms with van der Waals surface area (Å²) in [5.74, 6) is 0.406. The molecule has 0 aliphatic carbocycles. The summed E-state index contributed by atoms with van der Waals surface area (Å²) in [6, 6.07) is 12.8. The molecule has 0 saturated heterocycles. The first-order valence-corrected chi connectivity index (χ1v) is 12.3. The summed E-state index contributed by atoms with van der Waals surface area (Å²) < 4.78 is 5.34. The number of hydrogen-bond acceptors (Lipinski definition) is 6. The number of thiophene rings is 1. The molecule has 0 aliphatic rings. The number of halogens is 2. The molecular formula is C23H19Cl2N3O2S2. The van der Waals surface area contributed by atoms with Crippen molar-refractivity contribution < 1.29 is 9.53 Å². The highest BCUT2D eigenvalue weighted by Gasteiger charge is 2.23. The molecule has 4 aromatic rings. The van der Waals surface area contributed by atoms with Gasteiger partial charge in [-0.05, 0) is 42.3 Å². The van der Waals surface area contributed by atoms with Gasteiger partial charge in [0.15, 0.2) is 0 Å². The molecule has 0 spiro atoms. The Balaban J connectivity index is 1.64. The van der Waals surface area contributed by atoms with Crippen LogP contribution in [-0.4, -0.2) is 28.2 Å². The van der Waals surface area contributed by atoms with Crippen molar-refractivity contribution >= 4 is 68.1 Å². The number of fused-ring (bicyclic) bond motifs is 1. The molecule has 2 aromatic carbocycles. The number of methoxy groups -OCH3 is 1. The number of ether oxygens (including phenoxy) is 1. The van der Waals surface area contributed by atoms with Crippen LogP contribution < -0.4 is 10.1 Å². The molecule has 2 heterocycles. The molecule has 1 unspecified atom stereocenters. The maximum atomic E-state index is 13.1. The molecule has 5 nitrogen and oxygen atoms in total. The van der Waals surface area contributed by atoms with E-state index in [-0.39, 0.29) is 11.2 Å². The summed E-state index contributed by atoms with van der Waals surface area (Å²) in [7, 11) is 1.55. The number of rotatable bonds is 7. The van der Waals surface area contributed by atoms with Gasteiger partial charge in [-0.1, -0.05) is 54.0 Å². The summed E-state index contributed by atoms with van der Waals surface area (Å²) in [6.45, 7) is 1.97. The number of carbonyl (C=O) groups excluding carboxylic acids is 1. The number of nitrogens with zero attached hydrogens (tertiary/aromatic N) is 2. The van der Waals surface area contributed by atoms with Crippen molar-refractivity contribution in [3.05, 3.63) is 64.2 Å². The Morgan fingerprint density at radius 1 is 1.16 bits per heavy atom. The molecule has 0 saturated carbocycles. The van der Waals surface area contributed by atoms with Gasteiger partial charge in [0.25, 0.3) is 0 Å². The Morgan fingerprint density at radius 3 is 2.62 bits per heavy atom. The fourth-order valence-corrected chi connectivity index (χ4v) is 5.54. The molecule has 32 heavy (non-hydrogen) atoms. The van der Waals surface area contributed by atoms with E-state index < -0.39 is 0 Å². The topological polar surface area (TPSA) is 64.1 Å². The normalized spacial score (nSPS) is 12.0. The summed E-state index contributed by atoms with van der Waals surface area (Å²) in [4.78, 5) is 22.9. The van der Waals surface area contributed by atoms with Crippen molar-refractivity contribution in [2.45, 2.75) is 23.6 Å². The highest BCUT2D eigenvalue weighted by Crippen LogP contribution is 2.40. The van der Waals surface area contributed by atoms with Gasteiger partial charge >= 0.3 is 0 Å². The van der Waals surface area contributed by atoms with Gasteiger partial charge in [0.1, 0.15) is 21.9 Å². The standard InChI is InChI=1S/C23H19Cl2N3O2S2/c1-3-19(21(29)28-17-10-15(25)8-9-18(17)30-2)32-23-20-16(11-31-22(20)26-12-27-23)13-4-6-14(24)7-5-13/h4-12,19H,3H2,1-2H3,(H,28,29). The van der Waals surface area contributed by atoms with E-state index in [4.69, 9.17) is 27.9 Å². The molecule has 1 amide bonds. The second kappa shape index (κ2) is 10.1. The van der Waals surface area contributed by atoms with E-state index in [1.165, 1.54) is 18.1 Å². The highest BCUT2D eigenvalue weighted by molar-refractivity contribution is 8.00. The van der Waals surface area contributed by atoms with Crippen LogP contribution in [0, 0.1) is 0 Å². The number of hydrogen-bond donors (Lipinski definition) is 1. The summed E-state index contributed by atoms with van der Waals surface area (Å²) in [5.41, 5.74) is 2.59. The molecule has 0 radical (unpaired) electrons. The lowest BCUT2D eigenvalue weighted by Gasteiger charge is -2.16. The van der Waals surface area contributed by atoms with E-state index >= 15 is 0 Å². The van der Waals surface area contributed by atoms with E-state index in [1.54, 1.807) is 36.6 Å². The van der Waals surface area contributed by atoms with E-state index in [0.717, 1.165) is 26.4 Å². The van der Waals surface area contributed by atoms with Gasteiger partial charge in [-0.2, -0.15) is 0 Å². The molecule has 1 N–H and O–H groups in total. The third-order valence-electron chi connectivity index (χ3n) is 4.83. The maximum absolute atomic E-state index is 13.1. The van der Waals surface area contributed by atoms with Crippen LogP contribution in [0.15, 0.2) is 59.2 Å². The Labute approximate surface area is 204 Å². The number of nitrogens with one attached hydrogen (secondary N) is 1. The lowest BCUT2D eigenvalue weighted by atomic mass is 10.1. The molecule has 0 aliphatic heterocycles. The Kier molecular flexibility index (Phi) is 7.20. The predicted octanol–water partition coefficient (Wildman–Crippen LogP) is 7.18. The Morgan fingerprint density at radius 2 is 1.91 bits per heavy atom. The average Bonchev–Trinajstić information content (AvgIpc) is 3.23. The van der Waals surface area contributed by atoms with Gasteiger partial charge < -0.3 is 10.1 Å². The van der Waals surface area contributed by atoms with E-state index in [2.05, 4.69) is 20.7 Å². The second-order valence-electron chi connectivity index (χ2n) is 6.86. The fraction of sp³-hybridized carbons (Fsp3) is 0.174. The molecule has 4 rings (SSSR count). The van der Waals surface area contributed by atoms with Crippen LogP contribution in [0.1, 0.15) is 13.3 Å². The molecule has 0 bridgehead atoms. The number of anilines is 1. The predicted molar refractivity (Wildman–Crippen MR) is 134 cm³/mol. The first-order chi connectivity index (χ1) is 15.5. The first kappa shape index (κ1) is 22.9. The summed E-state index contributed by atoms with van der Waals surface area (Å²) in [6.07, 6.45) is 2.16. The summed E-state index contributed by atoms with van der Waals surface area (Å²) in [5, 5.41) is 7.54. The number of thioether (sulfide) groups is 1. The van der Waals surface area contributed by atoms with Gasteiger partial charge in [0.2, 0.25) is 5.91 Å². The van der Waals surface area contributed by atoms with Gasteiger partial charge in [0, 0.05) is 21.0 Å². The minimum absolute atomic E-state index is 0.145. The first-order valence-electron chi connectivity index (χ1n) is 9.79. The third kappa shape index (κ3) is 4.86. The zero-order chi connectivity index (χ0) is 22.7. The number of carbonyl (C=O) groups is 1. The zero-order valence-electron chi connectivity index (χ0n) is 17.3. The maximum Gasteiger partial charge on any atom is 0.238 e. The Bertz CT molecular complexity index is 1260. The van der Waals surface area contributed by atoms with Crippen LogP contribution in [0.5, 0.6) is 5.75 Å². The Hall–Kier alpha value is -2.32. The molecule has 0 fully saturated rings. The summed E-state index contributed by atoms with van der Waals surface area (Å²) >= 11 is 15.1. The van der Waals surface area contributed by atoms with E-state index in [9.17, 15) is 4.79 Å². The van der Waals surface area contributed by atoms with Crippen molar-refractivity contribution in [2.75, 3.05) is 12.4 Å². The third-order valence-corrected chi connectivity index (χ3v) is 7.57. The fourth-order valence-electron chi connectivity index (χ4n) is 3.23. The van der Waals surface area contributed by atoms with Crippen LogP contribution in [0.2, 0.25) is 10.0 Å². The smallest absolute Gasteiger partial charge is 0.238 e. The van der Waals surface area contributed by atoms with Gasteiger partial charge in [-0.3, -0.25) is 4.79 Å². The van der Waals surface area contributed by atoms with Crippen LogP contribution in [0.25, 0.3) is 21.3 Å². The van der Waals surface area contributed by atoms with Crippen molar-refractivity contribution in [2.24, 2.45) is 0 Å². The quantitative estimate of drug-likeness (QED) is 0.213. The van der Waals surface area contributed by atoms with Gasteiger partial charge in [0.05, 0.1) is 23.4 Å². The highest BCUT2D eigenvalue weighted by atomic mass is 35.5. The van der Waals surface area contributed by atoms with Gasteiger partial charge in [-0.15, -0.1) is 11.3 Å². The molecule has 2 aromatic heterocycles. The largest absolute Gasteiger partial charge is 0.495 e. The minimum Gasteiger partial charge on any atom is -0.495 e. The van der Waals surface area contributed by atoms with E-state index in [1.807, 2.05) is 31.2 Å². The molecule has 1 atom stereocenters. The van der Waals surface area contributed by atoms with Crippen LogP contribution >= 0.6 is 46.3 Å². The number of benzene rings is 2. The lowest BCUT2D eigenvalue weighted by molar-refractivity contribution is -0.115. The van der Waals surface area contributed by atoms with Crippen LogP contribution in [0.4, 0.5) is 5.69 Å². The van der Waals surface area contributed by atoms with Crippen molar-refractivity contribution in [3.63, 3.8) is 0 Å². The molecule has 9 heteroatoms. The van der Waals surface area contributed by atoms with Gasteiger partial charge in [-0.25, -0.2) is 9.97 Å². The number of aromatic nitrogens is 2.